The van der Waals surface area contributed by atoms with Crippen LogP contribution in [0.5, 0.6) is 0 Å². The Bertz CT molecular complexity index is 591. The minimum absolute atomic E-state index is 0.0494. The van der Waals surface area contributed by atoms with Gasteiger partial charge in [0.2, 0.25) is 0 Å². The van der Waals surface area contributed by atoms with E-state index < -0.39 is 22.8 Å². The van der Waals surface area contributed by atoms with Gasteiger partial charge in [0.1, 0.15) is 11.1 Å². The fraction of sp³-hybridized carbons (Fsp3) is 0.429. The number of carbonyl (C=O) groups excluding carboxylic acids is 2. The maximum atomic E-state index is 12.2. The molecule has 22 heavy (non-hydrogen) atoms. The summed E-state index contributed by atoms with van der Waals surface area (Å²) in [5, 5.41) is 13.3. The van der Waals surface area contributed by atoms with Crippen molar-refractivity contribution in [2.75, 3.05) is 7.11 Å². The van der Waals surface area contributed by atoms with Crippen LogP contribution < -0.4 is 5.32 Å². The van der Waals surface area contributed by atoms with Gasteiger partial charge < -0.3 is 10.1 Å². The topological polar surface area (TPSA) is 98.5 Å². The van der Waals surface area contributed by atoms with Gasteiger partial charge in [0.25, 0.3) is 11.6 Å². The van der Waals surface area contributed by atoms with E-state index in [0.29, 0.717) is 6.42 Å². The molecule has 0 bridgehead atoms. The summed E-state index contributed by atoms with van der Waals surface area (Å²) < 4.78 is 4.67. The molecule has 0 saturated carbocycles. The number of amides is 1. The molecular weight excluding hydrogens is 312 g/mol. The molecule has 0 aromatic heterocycles. The quantitative estimate of drug-likeness (QED) is 0.491. The van der Waals surface area contributed by atoms with Crippen LogP contribution in [0.15, 0.2) is 18.2 Å². The first-order valence-corrected chi connectivity index (χ1v) is 7.02. The Morgan fingerprint density at radius 1 is 1.45 bits per heavy atom. The SMILES string of the molecule is CC[C@H](C)[C@@H](NC(=O)c1ccc(Cl)c([N+](=O)[O-])c1)C(=O)OC. The number of nitrogens with one attached hydrogen (secondary N) is 1. The Hall–Kier alpha value is -2.15. The second-order valence-corrected chi connectivity index (χ2v) is 5.19. The molecule has 0 aliphatic heterocycles. The number of carbonyl (C=O) groups is 2. The van der Waals surface area contributed by atoms with Crippen molar-refractivity contribution in [3.05, 3.63) is 38.9 Å². The van der Waals surface area contributed by atoms with E-state index in [1.165, 1.54) is 19.2 Å². The molecule has 1 N–H and O–H groups in total. The van der Waals surface area contributed by atoms with Crippen molar-refractivity contribution in [2.45, 2.75) is 26.3 Å². The molecule has 0 fully saturated rings. The first-order chi connectivity index (χ1) is 10.3. The van der Waals surface area contributed by atoms with Crippen molar-refractivity contribution in [1.29, 1.82) is 0 Å². The largest absolute Gasteiger partial charge is 0.467 e. The predicted molar refractivity (Wildman–Crippen MR) is 80.8 cm³/mol. The van der Waals surface area contributed by atoms with Crippen molar-refractivity contribution < 1.29 is 19.2 Å². The zero-order valence-electron chi connectivity index (χ0n) is 12.5. The molecule has 2 atom stereocenters. The highest BCUT2D eigenvalue weighted by Gasteiger charge is 2.27. The van der Waals surface area contributed by atoms with E-state index in [2.05, 4.69) is 10.1 Å². The van der Waals surface area contributed by atoms with Crippen molar-refractivity contribution >= 4 is 29.2 Å². The number of halogens is 1. The zero-order chi connectivity index (χ0) is 16.9. The first-order valence-electron chi connectivity index (χ1n) is 6.64. The summed E-state index contributed by atoms with van der Waals surface area (Å²) >= 11 is 5.70. The van der Waals surface area contributed by atoms with Gasteiger partial charge in [0.15, 0.2) is 0 Å². The molecule has 0 aliphatic rings. The lowest BCUT2D eigenvalue weighted by molar-refractivity contribution is -0.384. The van der Waals surface area contributed by atoms with E-state index in [4.69, 9.17) is 11.6 Å². The number of nitro groups is 1. The number of benzene rings is 1. The maximum Gasteiger partial charge on any atom is 0.328 e. The molecule has 1 aromatic rings. The Labute approximate surface area is 132 Å². The van der Waals surface area contributed by atoms with Gasteiger partial charge >= 0.3 is 5.97 Å². The fourth-order valence-electron chi connectivity index (χ4n) is 1.81. The van der Waals surface area contributed by atoms with Crippen LogP contribution >= 0.6 is 11.6 Å². The Morgan fingerprint density at radius 2 is 2.09 bits per heavy atom. The molecule has 8 heteroatoms. The number of nitrogens with zero attached hydrogens (tertiary/aromatic N) is 1. The van der Waals surface area contributed by atoms with Gasteiger partial charge in [-0.1, -0.05) is 31.9 Å². The summed E-state index contributed by atoms with van der Waals surface area (Å²) in [7, 11) is 1.23. The van der Waals surface area contributed by atoms with Crippen LogP contribution in [0, 0.1) is 16.0 Å². The molecule has 1 rings (SSSR count). The monoisotopic (exact) mass is 328 g/mol. The number of methoxy groups -OCH3 is 1. The van der Waals surface area contributed by atoms with Crippen molar-refractivity contribution in [3.8, 4) is 0 Å². The number of hydrogen-bond donors (Lipinski definition) is 1. The van der Waals surface area contributed by atoms with Crippen LogP contribution in [0.3, 0.4) is 0 Å². The minimum atomic E-state index is -0.822. The van der Waals surface area contributed by atoms with Gasteiger partial charge in [-0.05, 0) is 18.1 Å². The second-order valence-electron chi connectivity index (χ2n) is 4.78. The number of hydrogen-bond acceptors (Lipinski definition) is 5. The summed E-state index contributed by atoms with van der Waals surface area (Å²) in [4.78, 5) is 34.1. The summed E-state index contributed by atoms with van der Waals surface area (Å²) in [5.74, 6) is -1.31. The molecular formula is C14H17ClN2O5. The van der Waals surface area contributed by atoms with Crippen LogP contribution in [-0.2, 0) is 9.53 Å². The van der Waals surface area contributed by atoms with E-state index in [1.54, 1.807) is 6.92 Å². The van der Waals surface area contributed by atoms with Gasteiger partial charge in [-0.2, -0.15) is 0 Å². The van der Waals surface area contributed by atoms with Gasteiger partial charge in [0, 0.05) is 11.6 Å². The van der Waals surface area contributed by atoms with Gasteiger partial charge in [-0.3, -0.25) is 14.9 Å². The summed E-state index contributed by atoms with van der Waals surface area (Å²) in [6.45, 7) is 3.67. The summed E-state index contributed by atoms with van der Waals surface area (Å²) in [6, 6.07) is 2.88. The summed E-state index contributed by atoms with van der Waals surface area (Å²) in [6.07, 6.45) is 0.654. The van der Waals surface area contributed by atoms with Crippen LogP contribution in [0.4, 0.5) is 5.69 Å². The van der Waals surface area contributed by atoms with E-state index >= 15 is 0 Å². The molecule has 0 unspecified atom stereocenters. The molecule has 0 heterocycles. The highest BCUT2D eigenvalue weighted by molar-refractivity contribution is 6.32. The van der Waals surface area contributed by atoms with E-state index in [-0.39, 0.29) is 22.2 Å². The van der Waals surface area contributed by atoms with Crippen molar-refractivity contribution in [1.82, 2.24) is 5.32 Å². The van der Waals surface area contributed by atoms with E-state index in [1.807, 2.05) is 6.92 Å². The molecule has 1 aromatic carbocycles. The number of nitro benzene ring substituents is 1. The Kier molecular flexibility index (Phi) is 6.30. The van der Waals surface area contributed by atoms with Crippen LogP contribution in [0.1, 0.15) is 30.6 Å². The second kappa shape index (κ2) is 7.74. The smallest absolute Gasteiger partial charge is 0.328 e. The highest BCUT2D eigenvalue weighted by Crippen LogP contribution is 2.25. The molecule has 120 valence electrons. The molecule has 7 nitrogen and oxygen atoms in total. The van der Waals surface area contributed by atoms with Gasteiger partial charge in [-0.25, -0.2) is 4.79 Å². The Balaban J connectivity index is 3.02. The van der Waals surface area contributed by atoms with Crippen LogP contribution in [-0.4, -0.2) is 30.0 Å². The van der Waals surface area contributed by atoms with Gasteiger partial charge in [0.05, 0.1) is 12.0 Å². The van der Waals surface area contributed by atoms with E-state index in [9.17, 15) is 19.7 Å². The van der Waals surface area contributed by atoms with Gasteiger partial charge in [-0.15, -0.1) is 0 Å². The number of esters is 1. The molecule has 0 spiro atoms. The van der Waals surface area contributed by atoms with Crippen LogP contribution in [0.25, 0.3) is 0 Å². The third kappa shape index (κ3) is 4.17. The molecule has 0 saturated heterocycles. The average Bonchev–Trinajstić information content (AvgIpc) is 2.50. The predicted octanol–water partition coefficient (Wildman–Crippen LogP) is 2.57. The average molecular weight is 329 g/mol. The lowest BCUT2D eigenvalue weighted by atomic mass is 9.99. The lowest BCUT2D eigenvalue weighted by Crippen LogP contribution is -2.45. The minimum Gasteiger partial charge on any atom is -0.467 e. The van der Waals surface area contributed by atoms with Crippen molar-refractivity contribution in [2.24, 2.45) is 5.92 Å². The zero-order valence-corrected chi connectivity index (χ0v) is 13.2. The number of ether oxygens (including phenoxy) is 1. The highest BCUT2D eigenvalue weighted by atomic mass is 35.5. The Morgan fingerprint density at radius 3 is 2.59 bits per heavy atom. The molecule has 0 aliphatic carbocycles. The maximum absolute atomic E-state index is 12.2. The molecule has 1 amide bonds. The lowest BCUT2D eigenvalue weighted by Gasteiger charge is -2.21. The van der Waals surface area contributed by atoms with E-state index in [0.717, 1.165) is 6.07 Å². The fourth-order valence-corrected chi connectivity index (χ4v) is 2.00. The number of rotatable bonds is 6. The third-order valence-corrected chi connectivity index (χ3v) is 3.68. The summed E-state index contributed by atoms with van der Waals surface area (Å²) in [5.41, 5.74) is -0.319. The van der Waals surface area contributed by atoms with Crippen LogP contribution in [0.2, 0.25) is 5.02 Å². The standard InChI is InChI=1S/C14H17ClN2O5/c1-4-8(2)12(14(19)22-3)16-13(18)9-5-6-10(15)11(7-9)17(20)21/h5-8,12H,4H2,1-3H3,(H,16,18)/t8-,12+/m0/s1. The third-order valence-electron chi connectivity index (χ3n) is 3.36. The normalized spacial score (nSPS) is 13.1. The van der Waals surface area contributed by atoms with Crippen molar-refractivity contribution in [3.63, 3.8) is 0 Å². The first kappa shape index (κ1) is 17.9. The molecule has 0 radical (unpaired) electrons.